The average Bonchev–Trinajstić information content (AvgIpc) is 2.64. The Morgan fingerprint density at radius 3 is 2.88 bits per heavy atom. The van der Waals surface area contributed by atoms with E-state index in [-0.39, 0.29) is 17.0 Å². The highest BCUT2D eigenvalue weighted by atomic mass is 16.4. The first-order chi connectivity index (χ1) is 7.58. The minimum atomic E-state index is -1.20. The van der Waals surface area contributed by atoms with Gasteiger partial charge in [0.2, 0.25) is 11.4 Å². The van der Waals surface area contributed by atoms with Crippen LogP contribution in [-0.2, 0) is 0 Å². The number of rotatable bonds is 2. The van der Waals surface area contributed by atoms with E-state index < -0.39 is 11.5 Å². The molecule has 0 fully saturated rings. The van der Waals surface area contributed by atoms with E-state index in [4.69, 9.17) is 9.52 Å². The molecule has 0 spiro atoms. The van der Waals surface area contributed by atoms with E-state index in [1.165, 1.54) is 12.5 Å². The van der Waals surface area contributed by atoms with E-state index in [0.717, 1.165) is 6.07 Å². The maximum atomic E-state index is 11.0. The lowest BCUT2D eigenvalue weighted by molar-refractivity contribution is 0.0697. The molecule has 0 bridgehead atoms. The van der Waals surface area contributed by atoms with Gasteiger partial charge in [0.05, 0.1) is 16.8 Å². The zero-order chi connectivity index (χ0) is 11.7. The predicted molar refractivity (Wildman–Crippen MR) is 54.3 cm³/mol. The van der Waals surface area contributed by atoms with E-state index in [1.54, 1.807) is 6.92 Å². The number of hydrogen-bond donors (Lipinski definition) is 2. The summed E-state index contributed by atoms with van der Waals surface area (Å²) in [5.41, 5.74) is 0.271. The molecule has 2 heterocycles. The molecule has 2 N–H and O–H groups in total. The van der Waals surface area contributed by atoms with E-state index in [2.05, 4.69) is 9.97 Å². The van der Waals surface area contributed by atoms with Crippen molar-refractivity contribution in [2.75, 3.05) is 0 Å². The molecule has 0 aliphatic heterocycles. The molecule has 0 aromatic carbocycles. The number of H-pyrrole nitrogens is 1. The minimum Gasteiger partial charge on any atom is -0.478 e. The molecule has 0 atom stereocenters. The molecule has 6 heteroatoms. The Balaban J connectivity index is 2.65. The van der Waals surface area contributed by atoms with Gasteiger partial charge in [-0.3, -0.25) is 4.79 Å². The van der Waals surface area contributed by atoms with Crippen molar-refractivity contribution in [3.8, 4) is 11.5 Å². The van der Waals surface area contributed by atoms with Crippen molar-refractivity contribution in [1.29, 1.82) is 0 Å². The van der Waals surface area contributed by atoms with E-state index in [1.807, 2.05) is 0 Å². The SMILES string of the molecule is Cc1coc(-c2c[nH]c(=O)cc2C(=O)O)n1. The lowest BCUT2D eigenvalue weighted by Crippen LogP contribution is -2.10. The summed E-state index contributed by atoms with van der Waals surface area (Å²) < 4.78 is 5.08. The van der Waals surface area contributed by atoms with Crippen LogP contribution in [0.5, 0.6) is 0 Å². The highest BCUT2D eigenvalue weighted by molar-refractivity contribution is 5.94. The Labute approximate surface area is 89.6 Å². The fourth-order valence-corrected chi connectivity index (χ4v) is 1.30. The molecule has 2 aromatic heterocycles. The molecule has 6 nitrogen and oxygen atoms in total. The van der Waals surface area contributed by atoms with Gasteiger partial charge in [-0.2, -0.15) is 0 Å². The van der Waals surface area contributed by atoms with Crippen molar-refractivity contribution in [2.24, 2.45) is 0 Å². The van der Waals surface area contributed by atoms with Crippen molar-refractivity contribution in [2.45, 2.75) is 6.92 Å². The molecule has 0 amide bonds. The van der Waals surface area contributed by atoms with Crippen LogP contribution in [0.25, 0.3) is 11.5 Å². The number of nitrogens with zero attached hydrogens (tertiary/aromatic N) is 1. The molecule has 0 saturated heterocycles. The number of aromatic carboxylic acids is 1. The topological polar surface area (TPSA) is 96.2 Å². The van der Waals surface area contributed by atoms with Gasteiger partial charge in [-0.25, -0.2) is 9.78 Å². The fourth-order valence-electron chi connectivity index (χ4n) is 1.30. The summed E-state index contributed by atoms with van der Waals surface area (Å²) in [5.74, 6) is -1.02. The summed E-state index contributed by atoms with van der Waals surface area (Å²) in [6.07, 6.45) is 2.68. The highest BCUT2D eigenvalue weighted by Gasteiger charge is 2.16. The number of hydrogen-bond acceptors (Lipinski definition) is 4. The molecular formula is C10H8N2O4. The Hall–Kier alpha value is -2.37. The fraction of sp³-hybridized carbons (Fsp3) is 0.100. The monoisotopic (exact) mass is 220 g/mol. The smallest absolute Gasteiger partial charge is 0.336 e. The Kier molecular flexibility index (Phi) is 2.32. The summed E-state index contributed by atoms with van der Waals surface area (Å²) in [4.78, 5) is 28.3. The second-order valence-corrected chi connectivity index (χ2v) is 3.22. The molecule has 2 aromatic rings. The van der Waals surface area contributed by atoms with E-state index >= 15 is 0 Å². The first-order valence-electron chi connectivity index (χ1n) is 4.46. The Bertz CT molecular complexity index is 597. The molecular weight excluding hydrogens is 212 g/mol. The van der Waals surface area contributed by atoms with Crippen LogP contribution in [0.2, 0.25) is 0 Å². The predicted octanol–water partition coefficient (Wildman–Crippen LogP) is 1.04. The third-order valence-corrected chi connectivity index (χ3v) is 2.00. The van der Waals surface area contributed by atoms with Gasteiger partial charge in [0.25, 0.3) is 0 Å². The summed E-state index contributed by atoms with van der Waals surface area (Å²) in [6.45, 7) is 1.72. The van der Waals surface area contributed by atoms with Gasteiger partial charge in [-0.15, -0.1) is 0 Å². The largest absolute Gasteiger partial charge is 0.478 e. The van der Waals surface area contributed by atoms with Crippen LogP contribution in [0.4, 0.5) is 0 Å². The first kappa shape index (κ1) is 10.2. The zero-order valence-electron chi connectivity index (χ0n) is 8.35. The van der Waals surface area contributed by atoms with Crippen molar-refractivity contribution in [3.63, 3.8) is 0 Å². The zero-order valence-corrected chi connectivity index (χ0v) is 8.35. The average molecular weight is 220 g/mol. The number of aryl methyl sites for hydroxylation is 1. The number of aromatic nitrogens is 2. The number of carboxylic acids is 1. The van der Waals surface area contributed by atoms with Gasteiger partial charge in [-0.05, 0) is 6.92 Å². The summed E-state index contributed by atoms with van der Waals surface area (Å²) >= 11 is 0. The van der Waals surface area contributed by atoms with Gasteiger partial charge in [0.1, 0.15) is 6.26 Å². The molecule has 0 radical (unpaired) electrons. The van der Waals surface area contributed by atoms with Crippen LogP contribution in [0, 0.1) is 6.92 Å². The Morgan fingerprint density at radius 2 is 2.31 bits per heavy atom. The highest BCUT2D eigenvalue weighted by Crippen LogP contribution is 2.20. The van der Waals surface area contributed by atoms with Gasteiger partial charge in [0.15, 0.2) is 0 Å². The molecule has 0 unspecified atom stereocenters. The molecule has 0 saturated carbocycles. The molecule has 2 rings (SSSR count). The third-order valence-electron chi connectivity index (χ3n) is 2.00. The van der Waals surface area contributed by atoms with Crippen LogP contribution in [0.1, 0.15) is 16.1 Å². The Morgan fingerprint density at radius 1 is 1.56 bits per heavy atom. The second-order valence-electron chi connectivity index (χ2n) is 3.22. The third kappa shape index (κ3) is 1.72. The standard InChI is InChI=1S/C10H8N2O4/c1-5-4-16-9(12-5)7-3-11-8(13)2-6(7)10(14)15/h2-4H,1H3,(H,11,13)(H,14,15). The first-order valence-corrected chi connectivity index (χ1v) is 4.46. The van der Waals surface area contributed by atoms with Gasteiger partial charge < -0.3 is 14.5 Å². The molecule has 82 valence electrons. The lowest BCUT2D eigenvalue weighted by Gasteiger charge is -1.99. The molecule has 0 aliphatic rings. The minimum absolute atomic E-state index is 0.134. The number of oxazole rings is 1. The van der Waals surface area contributed by atoms with Crippen molar-refractivity contribution >= 4 is 5.97 Å². The van der Waals surface area contributed by atoms with Gasteiger partial charge in [-0.1, -0.05) is 0 Å². The lowest BCUT2D eigenvalue weighted by atomic mass is 10.1. The number of nitrogens with one attached hydrogen (secondary N) is 1. The van der Waals surface area contributed by atoms with Gasteiger partial charge >= 0.3 is 5.97 Å². The van der Waals surface area contributed by atoms with Crippen LogP contribution in [0.15, 0.2) is 27.7 Å². The number of aromatic amines is 1. The number of pyridine rings is 1. The number of carboxylic acid groups (broad SMARTS) is 1. The maximum absolute atomic E-state index is 11.0. The number of carbonyl (C=O) groups is 1. The van der Waals surface area contributed by atoms with Gasteiger partial charge in [0, 0.05) is 12.3 Å². The summed E-state index contributed by atoms with van der Waals surface area (Å²) in [6, 6.07) is 0.997. The van der Waals surface area contributed by atoms with Crippen LogP contribution in [0.3, 0.4) is 0 Å². The van der Waals surface area contributed by atoms with Crippen LogP contribution >= 0.6 is 0 Å². The maximum Gasteiger partial charge on any atom is 0.336 e. The van der Waals surface area contributed by atoms with Crippen LogP contribution < -0.4 is 5.56 Å². The summed E-state index contributed by atoms with van der Waals surface area (Å²) in [5, 5.41) is 8.94. The van der Waals surface area contributed by atoms with E-state index in [0.29, 0.717) is 5.69 Å². The van der Waals surface area contributed by atoms with Crippen LogP contribution in [-0.4, -0.2) is 21.0 Å². The summed E-state index contributed by atoms with van der Waals surface area (Å²) in [7, 11) is 0. The second kappa shape index (κ2) is 3.65. The molecule has 0 aliphatic carbocycles. The van der Waals surface area contributed by atoms with Crippen molar-refractivity contribution in [3.05, 3.63) is 40.1 Å². The normalized spacial score (nSPS) is 10.3. The van der Waals surface area contributed by atoms with Crippen molar-refractivity contribution < 1.29 is 14.3 Å². The van der Waals surface area contributed by atoms with E-state index in [9.17, 15) is 9.59 Å². The quantitative estimate of drug-likeness (QED) is 0.788. The molecule has 16 heavy (non-hydrogen) atoms. The van der Waals surface area contributed by atoms with Crippen molar-refractivity contribution in [1.82, 2.24) is 9.97 Å².